The number of nitrogens with zero attached hydrogens (tertiary/aromatic N) is 4. The minimum atomic E-state index is -0.0345. The third-order valence-corrected chi connectivity index (χ3v) is 3.24. The molecule has 3 heterocycles. The van der Waals surface area contributed by atoms with Gasteiger partial charge in [-0.3, -0.25) is 4.79 Å². The first-order chi connectivity index (χ1) is 9.15. The highest BCUT2D eigenvalue weighted by molar-refractivity contribution is 5.93. The molecule has 1 aliphatic heterocycles. The largest absolute Gasteiger partial charge is 0.378 e. The topological polar surface area (TPSA) is 59.7 Å². The van der Waals surface area contributed by atoms with Gasteiger partial charge in [0.25, 0.3) is 5.91 Å². The minimum Gasteiger partial charge on any atom is -0.378 e. The molecule has 0 N–H and O–H groups in total. The lowest BCUT2D eigenvalue weighted by Gasteiger charge is -2.26. The molecule has 0 saturated carbocycles. The maximum Gasteiger partial charge on any atom is 0.272 e. The fourth-order valence-electron chi connectivity index (χ4n) is 2.28. The van der Waals surface area contributed by atoms with Gasteiger partial charge in [-0.15, -0.1) is 0 Å². The molecule has 0 bridgehead atoms. The predicted octanol–water partition coefficient (Wildman–Crippen LogP) is 0.819. The monoisotopic (exact) mass is 260 g/mol. The van der Waals surface area contributed by atoms with Crippen molar-refractivity contribution in [2.45, 2.75) is 13.8 Å². The highest BCUT2D eigenvalue weighted by atomic mass is 16.5. The van der Waals surface area contributed by atoms with Gasteiger partial charge in [0.05, 0.1) is 18.9 Å². The Morgan fingerprint density at radius 3 is 2.74 bits per heavy atom. The van der Waals surface area contributed by atoms with Gasteiger partial charge in [-0.1, -0.05) is 0 Å². The van der Waals surface area contributed by atoms with Crippen molar-refractivity contribution < 1.29 is 9.53 Å². The summed E-state index contributed by atoms with van der Waals surface area (Å²) in [6.45, 7) is 6.29. The Bertz CT molecular complexity index is 629. The molecular weight excluding hydrogens is 244 g/mol. The number of rotatable bonds is 1. The van der Waals surface area contributed by atoms with E-state index in [0.29, 0.717) is 37.6 Å². The number of carbonyl (C=O) groups excluding carboxylic acids is 1. The number of amides is 1. The van der Waals surface area contributed by atoms with E-state index >= 15 is 0 Å². The Hall–Kier alpha value is -1.95. The van der Waals surface area contributed by atoms with E-state index in [1.807, 2.05) is 19.9 Å². The summed E-state index contributed by atoms with van der Waals surface area (Å²) in [5.41, 5.74) is 3.00. The summed E-state index contributed by atoms with van der Waals surface area (Å²) in [5.74, 6) is -0.0345. The Labute approximate surface area is 111 Å². The van der Waals surface area contributed by atoms with Crippen LogP contribution in [0.2, 0.25) is 0 Å². The number of hydrogen-bond donors (Lipinski definition) is 0. The van der Waals surface area contributed by atoms with Crippen molar-refractivity contribution in [1.82, 2.24) is 19.5 Å². The number of ether oxygens (including phenoxy) is 1. The van der Waals surface area contributed by atoms with E-state index < -0.39 is 0 Å². The van der Waals surface area contributed by atoms with Gasteiger partial charge in [-0.25, -0.2) is 9.50 Å². The molecule has 0 aliphatic carbocycles. The third-order valence-electron chi connectivity index (χ3n) is 3.24. The van der Waals surface area contributed by atoms with E-state index in [0.717, 1.165) is 11.4 Å². The second-order valence-corrected chi connectivity index (χ2v) is 4.74. The average molecular weight is 260 g/mol. The Balaban J connectivity index is 1.97. The highest BCUT2D eigenvalue weighted by Crippen LogP contribution is 2.11. The van der Waals surface area contributed by atoms with Gasteiger partial charge >= 0.3 is 0 Å². The molecule has 0 radical (unpaired) electrons. The molecule has 0 aromatic carbocycles. The molecule has 2 aromatic rings. The van der Waals surface area contributed by atoms with E-state index in [1.165, 1.54) is 0 Å². The first kappa shape index (κ1) is 12.1. The number of aryl methyl sites for hydroxylation is 2. The van der Waals surface area contributed by atoms with E-state index in [1.54, 1.807) is 15.5 Å². The van der Waals surface area contributed by atoms with Gasteiger partial charge in [-0.05, 0) is 19.9 Å². The van der Waals surface area contributed by atoms with Crippen molar-refractivity contribution in [3.63, 3.8) is 0 Å². The number of fused-ring (bicyclic) bond motifs is 1. The quantitative estimate of drug-likeness (QED) is 0.761. The Kier molecular flexibility index (Phi) is 2.94. The fraction of sp³-hybridized carbons (Fsp3) is 0.462. The second kappa shape index (κ2) is 4.62. The molecule has 6 heteroatoms. The van der Waals surface area contributed by atoms with E-state index in [9.17, 15) is 4.79 Å². The molecule has 100 valence electrons. The van der Waals surface area contributed by atoms with Crippen molar-refractivity contribution in [3.05, 3.63) is 29.2 Å². The van der Waals surface area contributed by atoms with Crippen molar-refractivity contribution >= 4 is 11.6 Å². The molecule has 0 unspecified atom stereocenters. The summed E-state index contributed by atoms with van der Waals surface area (Å²) in [5, 5.41) is 4.33. The first-order valence-corrected chi connectivity index (χ1v) is 6.36. The van der Waals surface area contributed by atoms with Crippen LogP contribution in [0.5, 0.6) is 0 Å². The summed E-state index contributed by atoms with van der Waals surface area (Å²) in [6.07, 6.45) is 0. The van der Waals surface area contributed by atoms with Crippen molar-refractivity contribution in [3.8, 4) is 0 Å². The lowest BCUT2D eigenvalue weighted by Crippen LogP contribution is -2.41. The van der Waals surface area contributed by atoms with Crippen molar-refractivity contribution in [2.75, 3.05) is 26.3 Å². The van der Waals surface area contributed by atoms with Crippen LogP contribution in [0.15, 0.2) is 12.1 Å². The molecule has 0 spiro atoms. The van der Waals surface area contributed by atoms with Gasteiger partial charge in [0.15, 0.2) is 5.65 Å². The molecule has 3 rings (SSSR count). The maximum atomic E-state index is 12.4. The number of hydrogen-bond acceptors (Lipinski definition) is 4. The van der Waals surface area contributed by atoms with Crippen LogP contribution in [-0.4, -0.2) is 51.7 Å². The molecule has 1 fully saturated rings. The SMILES string of the molecule is Cc1cc2nc(C(=O)N3CCOCC3)cc(C)n2n1. The van der Waals surface area contributed by atoms with Gasteiger partial charge in [0, 0.05) is 24.8 Å². The normalized spacial score (nSPS) is 16.0. The highest BCUT2D eigenvalue weighted by Gasteiger charge is 2.20. The Morgan fingerprint density at radius 2 is 2.00 bits per heavy atom. The van der Waals surface area contributed by atoms with Crippen LogP contribution in [0.1, 0.15) is 21.9 Å². The molecule has 1 amide bonds. The fourth-order valence-corrected chi connectivity index (χ4v) is 2.28. The second-order valence-electron chi connectivity index (χ2n) is 4.74. The molecule has 0 atom stereocenters. The third kappa shape index (κ3) is 2.19. The molecule has 6 nitrogen and oxygen atoms in total. The molecule has 1 aliphatic rings. The van der Waals surface area contributed by atoms with Gasteiger partial charge in [-0.2, -0.15) is 5.10 Å². The number of morpholine rings is 1. The zero-order chi connectivity index (χ0) is 13.4. The maximum absolute atomic E-state index is 12.4. The van der Waals surface area contributed by atoms with Gasteiger partial charge in [0.2, 0.25) is 0 Å². The molecular formula is C13H16N4O2. The minimum absolute atomic E-state index is 0.0345. The van der Waals surface area contributed by atoms with Crippen LogP contribution in [0.3, 0.4) is 0 Å². The van der Waals surface area contributed by atoms with Gasteiger partial charge in [0.1, 0.15) is 5.69 Å². The Morgan fingerprint density at radius 1 is 1.26 bits per heavy atom. The first-order valence-electron chi connectivity index (χ1n) is 6.36. The molecule has 1 saturated heterocycles. The number of carbonyl (C=O) groups is 1. The van der Waals surface area contributed by atoms with Crippen LogP contribution >= 0.6 is 0 Å². The molecule has 19 heavy (non-hydrogen) atoms. The average Bonchev–Trinajstić information content (AvgIpc) is 2.80. The summed E-state index contributed by atoms with van der Waals surface area (Å²) in [4.78, 5) is 18.6. The number of aromatic nitrogens is 3. The van der Waals surface area contributed by atoms with Crippen LogP contribution < -0.4 is 0 Å². The van der Waals surface area contributed by atoms with Crippen LogP contribution in [0.25, 0.3) is 5.65 Å². The standard InChI is InChI=1S/C13H16N4O2/c1-9-7-12-14-11(8-10(2)17(12)15-9)13(18)16-3-5-19-6-4-16/h7-8H,3-6H2,1-2H3. The summed E-state index contributed by atoms with van der Waals surface area (Å²) in [6, 6.07) is 3.67. The zero-order valence-electron chi connectivity index (χ0n) is 11.1. The zero-order valence-corrected chi connectivity index (χ0v) is 11.1. The molecule has 2 aromatic heterocycles. The van der Waals surface area contributed by atoms with E-state index in [2.05, 4.69) is 10.1 Å². The van der Waals surface area contributed by atoms with Crippen LogP contribution in [-0.2, 0) is 4.74 Å². The van der Waals surface area contributed by atoms with Crippen molar-refractivity contribution in [2.24, 2.45) is 0 Å². The van der Waals surface area contributed by atoms with E-state index in [4.69, 9.17) is 4.74 Å². The van der Waals surface area contributed by atoms with Crippen LogP contribution in [0, 0.1) is 13.8 Å². The van der Waals surface area contributed by atoms with E-state index in [-0.39, 0.29) is 5.91 Å². The summed E-state index contributed by atoms with van der Waals surface area (Å²) in [7, 11) is 0. The lowest BCUT2D eigenvalue weighted by atomic mass is 10.3. The predicted molar refractivity (Wildman–Crippen MR) is 69.2 cm³/mol. The summed E-state index contributed by atoms with van der Waals surface area (Å²) >= 11 is 0. The van der Waals surface area contributed by atoms with Crippen LogP contribution in [0.4, 0.5) is 0 Å². The van der Waals surface area contributed by atoms with Crippen molar-refractivity contribution in [1.29, 1.82) is 0 Å². The summed E-state index contributed by atoms with van der Waals surface area (Å²) < 4.78 is 7.01. The lowest BCUT2D eigenvalue weighted by molar-refractivity contribution is 0.0299. The van der Waals surface area contributed by atoms with Gasteiger partial charge < -0.3 is 9.64 Å². The smallest absolute Gasteiger partial charge is 0.272 e.